The third kappa shape index (κ3) is 4.95. The zero-order valence-electron chi connectivity index (χ0n) is 11.3. The molecule has 4 nitrogen and oxygen atoms in total. The first kappa shape index (κ1) is 16.2. The lowest BCUT2D eigenvalue weighted by Gasteiger charge is -2.17. The summed E-state index contributed by atoms with van der Waals surface area (Å²) in [5.41, 5.74) is 6.21. The monoisotopic (exact) mass is 346 g/mol. The molecule has 1 aromatic carbocycles. The molecule has 0 fully saturated rings. The zero-order valence-corrected chi connectivity index (χ0v) is 13.7. The molecule has 106 valence electrons. The van der Waals surface area contributed by atoms with Crippen molar-refractivity contribution < 1.29 is 9.00 Å². The van der Waals surface area contributed by atoms with E-state index < -0.39 is 10.8 Å². The van der Waals surface area contributed by atoms with Crippen molar-refractivity contribution >= 4 is 38.3 Å². The van der Waals surface area contributed by atoms with E-state index >= 15 is 0 Å². The van der Waals surface area contributed by atoms with Crippen LogP contribution in [0.5, 0.6) is 0 Å². The van der Waals surface area contributed by atoms with E-state index in [-0.39, 0.29) is 17.7 Å². The van der Waals surface area contributed by atoms with Gasteiger partial charge in [0.15, 0.2) is 0 Å². The molecular formula is C13H19BrN2O2S. The predicted molar refractivity (Wildman–Crippen MR) is 82.3 cm³/mol. The maximum absolute atomic E-state index is 12.1. The van der Waals surface area contributed by atoms with Gasteiger partial charge in [0.2, 0.25) is 5.91 Å². The highest BCUT2D eigenvalue weighted by Gasteiger charge is 2.16. The second-order valence-corrected chi connectivity index (χ2v) is 7.11. The van der Waals surface area contributed by atoms with Crippen LogP contribution in [0.4, 0.5) is 5.69 Å². The van der Waals surface area contributed by atoms with Crippen LogP contribution in [0.1, 0.15) is 20.8 Å². The molecule has 0 aliphatic carbocycles. The molecule has 0 radical (unpaired) electrons. The average Bonchev–Trinajstić information content (AvgIpc) is 2.31. The average molecular weight is 347 g/mol. The second-order valence-electron chi connectivity index (χ2n) is 4.77. The van der Waals surface area contributed by atoms with Crippen LogP contribution in [0.15, 0.2) is 27.6 Å². The fourth-order valence-electron chi connectivity index (χ4n) is 1.36. The molecule has 0 saturated carbocycles. The number of hydrogen-bond acceptors (Lipinski definition) is 3. The minimum atomic E-state index is -1.43. The van der Waals surface area contributed by atoms with E-state index in [2.05, 4.69) is 21.2 Å². The summed E-state index contributed by atoms with van der Waals surface area (Å²) in [6.07, 6.45) is 0. The number of halogens is 1. The molecule has 1 rings (SSSR count). The van der Waals surface area contributed by atoms with Gasteiger partial charge in [0.05, 0.1) is 15.7 Å². The summed E-state index contributed by atoms with van der Waals surface area (Å²) in [5.74, 6) is 0.0461. The van der Waals surface area contributed by atoms with Gasteiger partial charge < -0.3 is 11.1 Å². The summed E-state index contributed by atoms with van der Waals surface area (Å²) < 4.78 is 12.9. The molecule has 0 aromatic heterocycles. The minimum Gasteiger partial charge on any atom is -0.398 e. The molecule has 1 aromatic rings. The number of amides is 1. The Balaban J connectivity index is 2.69. The Morgan fingerprint density at radius 1 is 1.42 bits per heavy atom. The highest BCUT2D eigenvalue weighted by molar-refractivity contribution is 9.10. The van der Waals surface area contributed by atoms with Gasteiger partial charge >= 0.3 is 0 Å². The van der Waals surface area contributed by atoms with Crippen molar-refractivity contribution in [3.63, 3.8) is 0 Å². The minimum absolute atomic E-state index is 0.0596. The number of nitrogens with two attached hydrogens (primary N) is 1. The van der Waals surface area contributed by atoms with Gasteiger partial charge in [-0.2, -0.15) is 0 Å². The van der Waals surface area contributed by atoms with E-state index in [1.54, 1.807) is 18.2 Å². The first-order chi connectivity index (χ1) is 8.81. The third-order valence-electron chi connectivity index (χ3n) is 2.87. The highest BCUT2D eigenvalue weighted by Crippen LogP contribution is 2.21. The normalized spacial score (nSPS) is 14.2. The lowest BCUT2D eigenvalue weighted by atomic mass is 10.1. The van der Waals surface area contributed by atoms with Crippen LogP contribution in [0.25, 0.3) is 0 Å². The zero-order chi connectivity index (χ0) is 14.6. The predicted octanol–water partition coefficient (Wildman–Crippen LogP) is 2.30. The Kier molecular flexibility index (Phi) is 6.00. The van der Waals surface area contributed by atoms with Gasteiger partial charge in [-0.05, 0) is 31.0 Å². The molecule has 1 amide bonds. The summed E-state index contributed by atoms with van der Waals surface area (Å²) in [5, 5.41) is 2.83. The van der Waals surface area contributed by atoms with E-state index in [9.17, 15) is 9.00 Å². The second kappa shape index (κ2) is 7.05. The summed E-state index contributed by atoms with van der Waals surface area (Å²) in [7, 11) is -1.43. The SMILES string of the molecule is CC(C)C(C)NC(=O)CS(=O)c1cc(Br)ccc1N. The Morgan fingerprint density at radius 3 is 2.63 bits per heavy atom. The first-order valence-corrected chi connectivity index (χ1v) is 8.15. The number of carbonyl (C=O) groups is 1. The fraction of sp³-hybridized carbons (Fsp3) is 0.462. The quantitative estimate of drug-likeness (QED) is 0.803. The van der Waals surface area contributed by atoms with Crippen molar-refractivity contribution in [3.8, 4) is 0 Å². The Hall–Kier alpha value is -0.880. The summed E-state index contributed by atoms with van der Waals surface area (Å²) in [6.45, 7) is 5.97. The first-order valence-electron chi connectivity index (χ1n) is 6.04. The maximum Gasteiger partial charge on any atom is 0.233 e. The van der Waals surface area contributed by atoms with Crippen LogP contribution in [-0.2, 0) is 15.6 Å². The lowest BCUT2D eigenvalue weighted by Crippen LogP contribution is -2.38. The molecule has 2 atom stereocenters. The Labute approximate surface area is 124 Å². The van der Waals surface area contributed by atoms with Crippen LogP contribution in [0.3, 0.4) is 0 Å². The standard InChI is InChI=1S/C13H19BrN2O2S/c1-8(2)9(3)16-13(17)7-19(18)12-6-10(14)4-5-11(12)15/h4-6,8-9H,7,15H2,1-3H3,(H,16,17). The molecule has 0 bridgehead atoms. The number of anilines is 1. The molecule has 0 aliphatic heterocycles. The van der Waals surface area contributed by atoms with Crippen LogP contribution in [0.2, 0.25) is 0 Å². The topological polar surface area (TPSA) is 72.2 Å². The van der Waals surface area contributed by atoms with E-state index in [4.69, 9.17) is 5.73 Å². The number of hydrogen-bond donors (Lipinski definition) is 2. The maximum atomic E-state index is 12.1. The number of carbonyl (C=O) groups excluding carboxylic acids is 1. The van der Waals surface area contributed by atoms with Crippen LogP contribution in [0, 0.1) is 5.92 Å². The molecular weight excluding hydrogens is 328 g/mol. The van der Waals surface area contributed by atoms with E-state index in [0.29, 0.717) is 16.5 Å². The number of nitrogens with one attached hydrogen (secondary N) is 1. The Bertz CT molecular complexity index is 492. The highest BCUT2D eigenvalue weighted by atomic mass is 79.9. The van der Waals surface area contributed by atoms with Gasteiger partial charge in [-0.25, -0.2) is 0 Å². The fourth-order valence-corrected chi connectivity index (χ4v) is 2.94. The van der Waals surface area contributed by atoms with Gasteiger partial charge in [-0.1, -0.05) is 29.8 Å². The molecule has 19 heavy (non-hydrogen) atoms. The third-order valence-corrected chi connectivity index (χ3v) is 4.73. The van der Waals surface area contributed by atoms with Crippen LogP contribution < -0.4 is 11.1 Å². The van der Waals surface area contributed by atoms with Gasteiger partial charge in [0.25, 0.3) is 0 Å². The Morgan fingerprint density at radius 2 is 2.05 bits per heavy atom. The van der Waals surface area contributed by atoms with Gasteiger partial charge in [-0.15, -0.1) is 0 Å². The number of rotatable bonds is 5. The molecule has 0 aliphatic rings. The largest absolute Gasteiger partial charge is 0.398 e. The van der Waals surface area contributed by atoms with Crippen molar-refractivity contribution in [2.45, 2.75) is 31.7 Å². The summed E-state index contributed by atoms with van der Waals surface area (Å²) in [6, 6.07) is 5.19. The molecule has 0 saturated heterocycles. The smallest absolute Gasteiger partial charge is 0.233 e. The summed E-state index contributed by atoms with van der Waals surface area (Å²) in [4.78, 5) is 12.3. The van der Waals surface area contributed by atoms with Crippen LogP contribution in [-0.4, -0.2) is 21.9 Å². The van der Waals surface area contributed by atoms with Crippen molar-refractivity contribution in [2.24, 2.45) is 5.92 Å². The molecule has 0 spiro atoms. The molecule has 0 heterocycles. The van der Waals surface area contributed by atoms with Crippen molar-refractivity contribution in [1.29, 1.82) is 0 Å². The van der Waals surface area contributed by atoms with Crippen LogP contribution >= 0.6 is 15.9 Å². The lowest BCUT2D eigenvalue weighted by molar-refractivity contribution is -0.119. The van der Waals surface area contributed by atoms with Crippen molar-refractivity contribution in [1.82, 2.24) is 5.32 Å². The molecule has 2 unspecified atom stereocenters. The number of nitrogen functional groups attached to an aromatic ring is 1. The van der Waals surface area contributed by atoms with Gasteiger partial charge in [0, 0.05) is 16.2 Å². The van der Waals surface area contributed by atoms with E-state index in [1.165, 1.54) is 0 Å². The summed E-state index contributed by atoms with van der Waals surface area (Å²) >= 11 is 3.30. The van der Waals surface area contributed by atoms with Gasteiger partial charge in [-0.3, -0.25) is 9.00 Å². The van der Waals surface area contributed by atoms with Crippen molar-refractivity contribution in [3.05, 3.63) is 22.7 Å². The molecule has 3 N–H and O–H groups in total. The van der Waals surface area contributed by atoms with E-state index in [0.717, 1.165) is 4.47 Å². The number of benzene rings is 1. The molecule has 6 heteroatoms. The van der Waals surface area contributed by atoms with E-state index in [1.807, 2.05) is 20.8 Å². The van der Waals surface area contributed by atoms with Crippen molar-refractivity contribution in [2.75, 3.05) is 11.5 Å². The van der Waals surface area contributed by atoms with Gasteiger partial charge in [0.1, 0.15) is 5.75 Å².